The summed E-state index contributed by atoms with van der Waals surface area (Å²) in [7, 11) is 4.32. The van der Waals surface area contributed by atoms with Gasteiger partial charge in [-0.1, -0.05) is 13.3 Å². The molecule has 2 saturated carbocycles. The fraction of sp³-hybridized carbons (Fsp3) is 0.933. The Hall–Kier alpha value is -0.610. The van der Waals surface area contributed by atoms with Crippen molar-refractivity contribution in [2.24, 2.45) is 0 Å². The van der Waals surface area contributed by atoms with Crippen LogP contribution in [0.3, 0.4) is 0 Å². The monoisotopic (exact) mass is 265 g/mol. The molecule has 19 heavy (non-hydrogen) atoms. The van der Waals surface area contributed by atoms with E-state index >= 15 is 0 Å². The van der Waals surface area contributed by atoms with E-state index in [0.29, 0.717) is 5.91 Å². The van der Waals surface area contributed by atoms with Gasteiger partial charge in [0.15, 0.2) is 0 Å². The molecule has 3 rings (SSSR count). The molecule has 0 aromatic rings. The number of amides is 1. The van der Waals surface area contributed by atoms with Crippen molar-refractivity contribution in [1.82, 2.24) is 15.1 Å². The lowest BCUT2D eigenvalue weighted by Gasteiger charge is -2.50. The zero-order valence-corrected chi connectivity index (χ0v) is 12.5. The Balaban J connectivity index is 1.75. The topological polar surface area (TPSA) is 35.6 Å². The van der Waals surface area contributed by atoms with Gasteiger partial charge in [0.1, 0.15) is 0 Å². The minimum atomic E-state index is -0.156. The molecular weight excluding hydrogens is 238 g/mol. The molecule has 1 atom stereocenters. The van der Waals surface area contributed by atoms with Gasteiger partial charge in [0.2, 0.25) is 5.91 Å². The van der Waals surface area contributed by atoms with Crippen molar-refractivity contribution < 1.29 is 4.79 Å². The lowest BCUT2D eigenvalue weighted by atomic mass is 9.75. The van der Waals surface area contributed by atoms with Crippen LogP contribution in [0.4, 0.5) is 0 Å². The third kappa shape index (κ3) is 2.00. The first kappa shape index (κ1) is 13.4. The second-order valence-corrected chi connectivity index (χ2v) is 6.94. The average Bonchev–Trinajstić information content (AvgIpc) is 3.02. The molecule has 108 valence electrons. The maximum atomic E-state index is 12.7. The van der Waals surface area contributed by atoms with E-state index < -0.39 is 0 Å². The van der Waals surface area contributed by atoms with Crippen LogP contribution < -0.4 is 5.32 Å². The van der Waals surface area contributed by atoms with Crippen molar-refractivity contribution in [2.75, 3.05) is 20.6 Å². The zero-order valence-electron chi connectivity index (χ0n) is 12.5. The summed E-state index contributed by atoms with van der Waals surface area (Å²) in [6, 6.07) is 0. The first-order chi connectivity index (χ1) is 9.03. The van der Waals surface area contributed by atoms with Crippen LogP contribution in [-0.2, 0) is 4.79 Å². The van der Waals surface area contributed by atoms with Gasteiger partial charge < -0.3 is 9.80 Å². The van der Waals surface area contributed by atoms with Crippen molar-refractivity contribution in [1.29, 1.82) is 0 Å². The van der Waals surface area contributed by atoms with Crippen molar-refractivity contribution in [3.05, 3.63) is 0 Å². The molecule has 4 nitrogen and oxygen atoms in total. The van der Waals surface area contributed by atoms with Crippen LogP contribution >= 0.6 is 0 Å². The van der Waals surface area contributed by atoms with Crippen LogP contribution in [-0.4, -0.2) is 53.6 Å². The van der Waals surface area contributed by atoms with Crippen LogP contribution in [0.5, 0.6) is 0 Å². The van der Waals surface area contributed by atoms with Gasteiger partial charge in [0.05, 0.1) is 11.7 Å². The minimum Gasteiger partial charge on any atom is -0.324 e. The van der Waals surface area contributed by atoms with Crippen LogP contribution in [0.2, 0.25) is 0 Å². The molecular formula is C15H27N3O. The van der Waals surface area contributed by atoms with E-state index in [1.807, 2.05) is 0 Å². The highest BCUT2D eigenvalue weighted by atomic mass is 16.2. The molecule has 1 N–H and O–H groups in total. The van der Waals surface area contributed by atoms with Crippen LogP contribution in [0.25, 0.3) is 0 Å². The Bertz CT molecular complexity index is 372. The van der Waals surface area contributed by atoms with Gasteiger partial charge in [-0.25, -0.2) is 0 Å². The molecule has 0 aromatic heterocycles. The van der Waals surface area contributed by atoms with Crippen molar-refractivity contribution in [2.45, 2.75) is 69.1 Å². The largest absolute Gasteiger partial charge is 0.324 e. The fourth-order valence-corrected chi connectivity index (χ4v) is 3.69. The van der Waals surface area contributed by atoms with Crippen LogP contribution in [0.1, 0.15) is 51.9 Å². The van der Waals surface area contributed by atoms with E-state index in [1.54, 1.807) is 0 Å². The normalized spacial score (nSPS) is 31.1. The smallest absolute Gasteiger partial charge is 0.244 e. The van der Waals surface area contributed by atoms with E-state index in [2.05, 4.69) is 36.1 Å². The van der Waals surface area contributed by atoms with E-state index in [4.69, 9.17) is 0 Å². The number of rotatable bonds is 5. The number of carbonyl (C=O) groups is 1. The Morgan fingerprint density at radius 3 is 2.42 bits per heavy atom. The first-order valence-corrected chi connectivity index (χ1v) is 7.79. The zero-order chi connectivity index (χ0) is 13.7. The predicted octanol–water partition coefficient (Wildman–Crippen LogP) is 1.56. The van der Waals surface area contributed by atoms with E-state index in [-0.39, 0.29) is 17.2 Å². The molecule has 0 bridgehead atoms. The standard InChI is InChI=1S/C15H27N3O/c1-4-6-12-16-15(9-10-15)13(19)18(12)11-14(17(2)3)7-5-8-14/h12,16H,4-11H2,1-3H3. The van der Waals surface area contributed by atoms with Gasteiger partial charge >= 0.3 is 0 Å². The molecule has 1 amide bonds. The Labute approximate surface area is 116 Å². The molecule has 4 heteroatoms. The first-order valence-electron chi connectivity index (χ1n) is 7.79. The lowest BCUT2D eigenvalue weighted by Crippen LogP contribution is -2.59. The van der Waals surface area contributed by atoms with Gasteiger partial charge in [-0.15, -0.1) is 0 Å². The van der Waals surface area contributed by atoms with Gasteiger partial charge in [0, 0.05) is 12.1 Å². The van der Waals surface area contributed by atoms with Gasteiger partial charge in [-0.05, 0) is 52.6 Å². The molecule has 1 saturated heterocycles. The van der Waals surface area contributed by atoms with Gasteiger partial charge in [-0.3, -0.25) is 10.1 Å². The molecule has 1 unspecified atom stereocenters. The Morgan fingerprint density at radius 1 is 1.32 bits per heavy atom. The second-order valence-electron chi connectivity index (χ2n) is 6.94. The third-order valence-corrected chi connectivity index (χ3v) is 5.50. The Kier molecular flexibility index (Phi) is 3.13. The second kappa shape index (κ2) is 4.45. The highest BCUT2D eigenvalue weighted by molar-refractivity contribution is 5.91. The number of nitrogens with one attached hydrogen (secondary N) is 1. The summed E-state index contributed by atoms with van der Waals surface area (Å²) in [6.45, 7) is 3.12. The summed E-state index contributed by atoms with van der Waals surface area (Å²) in [6.07, 6.45) is 8.33. The van der Waals surface area contributed by atoms with E-state index in [0.717, 1.165) is 32.2 Å². The number of likely N-dealkylation sites (N-methyl/N-ethyl adjacent to an activating group) is 1. The SMILES string of the molecule is CCCC1NC2(CC2)C(=O)N1CC1(N(C)C)CCC1. The molecule has 0 radical (unpaired) electrons. The van der Waals surface area contributed by atoms with Crippen molar-refractivity contribution in [3.63, 3.8) is 0 Å². The molecule has 1 aliphatic heterocycles. The molecule has 1 spiro atoms. The maximum Gasteiger partial charge on any atom is 0.244 e. The molecule has 3 aliphatic rings. The number of carbonyl (C=O) groups excluding carboxylic acids is 1. The predicted molar refractivity (Wildman–Crippen MR) is 75.8 cm³/mol. The highest BCUT2D eigenvalue weighted by Gasteiger charge is 2.60. The summed E-state index contributed by atoms with van der Waals surface area (Å²) in [5.74, 6) is 0.374. The third-order valence-electron chi connectivity index (χ3n) is 5.50. The summed E-state index contributed by atoms with van der Waals surface area (Å²) in [5, 5.41) is 3.61. The lowest BCUT2D eigenvalue weighted by molar-refractivity contribution is -0.133. The molecule has 1 heterocycles. The number of hydrogen-bond acceptors (Lipinski definition) is 3. The molecule has 3 fully saturated rings. The van der Waals surface area contributed by atoms with E-state index in [9.17, 15) is 4.79 Å². The molecule has 2 aliphatic carbocycles. The summed E-state index contributed by atoms with van der Waals surface area (Å²) in [5.41, 5.74) is 0.0842. The van der Waals surface area contributed by atoms with Crippen LogP contribution in [0, 0.1) is 0 Å². The maximum absolute atomic E-state index is 12.7. The number of hydrogen-bond donors (Lipinski definition) is 1. The Morgan fingerprint density at radius 2 is 2.00 bits per heavy atom. The van der Waals surface area contributed by atoms with Crippen molar-refractivity contribution >= 4 is 5.91 Å². The quantitative estimate of drug-likeness (QED) is 0.819. The van der Waals surface area contributed by atoms with Crippen LogP contribution in [0.15, 0.2) is 0 Å². The fourth-order valence-electron chi connectivity index (χ4n) is 3.69. The van der Waals surface area contributed by atoms with E-state index in [1.165, 1.54) is 19.3 Å². The summed E-state index contributed by atoms with van der Waals surface area (Å²) >= 11 is 0. The van der Waals surface area contributed by atoms with Crippen molar-refractivity contribution in [3.8, 4) is 0 Å². The van der Waals surface area contributed by atoms with Gasteiger partial charge in [-0.2, -0.15) is 0 Å². The summed E-state index contributed by atoms with van der Waals surface area (Å²) < 4.78 is 0. The molecule has 0 aromatic carbocycles. The minimum absolute atomic E-state index is 0.156. The summed E-state index contributed by atoms with van der Waals surface area (Å²) in [4.78, 5) is 17.2. The number of nitrogens with zero attached hydrogens (tertiary/aromatic N) is 2. The van der Waals surface area contributed by atoms with Gasteiger partial charge in [0.25, 0.3) is 0 Å². The highest BCUT2D eigenvalue weighted by Crippen LogP contribution is 2.45. The average molecular weight is 265 g/mol.